The van der Waals surface area contributed by atoms with Gasteiger partial charge in [-0.05, 0) is 49.4 Å². The van der Waals surface area contributed by atoms with Gasteiger partial charge >= 0.3 is 0 Å². The van der Waals surface area contributed by atoms with Gasteiger partial charge in [0.1, 0.15) is 5.69 Å². The molecule has 7 heteroatoms. The van der Waals surface area contributed by atoms with Crippen molar-refractivity contribution in [1.82, 2.24) is 15.3 Å². The Morgan fingerprint density at radius 3 is 3.00 bits per heavy atom. The molecule has 1 aliphatic heterocycles. The minimum absolute atomic E-state index is 0.0846. The summed E-state index contributed by atoms with van der Waals surface area (Å²) in [6, 6.07) is 5.54. The van der Waals surface area contributed by atoms with Crippen molar-refractivity contribution in [3.8, 4) is 0 Å². The van der Waals surface area contributed by atoms with E-state index < -0.39 is 0 Å². The lowest BCUT2D eigenvalue weighted by molar-refractivity contribution is 0.0936. The Morgan fingerprint density at radius 2 is 2.15 bits per heavy atom. The molecule has 1 aliphatic carbocycles. The number of benzene rings is 1. The quantitative estimate of drug-likeness (QED) is 0.635. The Balaban J connectivity index is 1.48. The third-order valence-corrected chi connectivity index (χ3v) is 6.53. The summed E-state index contributed by atoms with van der Waals surface area (Å²) in [5.74, 6) is -0.0417. The number of nitrogens with zero attached hydrogens (tertiary/aromatic N) is 1. The molecule has 3 aromatic rings. The Bertz CT molecular complexity index is 1060. The summed E-state index contributed by atoms with van der Waals surface area (Å²) < 4.78 is 0. The fourth-order valence-corrected chi connectivity index (χ4v) is 5.10. The van der Waals surface area contributed by atoms with Crippen molar-refractivity contribution in [2.24, 2.45) is 0 Å². The first kappa shape index (κ1) is 16.5. The van der Waals surface area contributed by atoms with Gasteiger partial charge in [0.2, 0.25) is 0 Å². The average molecular weight is 380 g/mol. The van der Waals surface area contributed by atoms with E-state index in [0.717, 1.165) is 35.0 Å². The highest BCUT2D eigenvalue weighted by Crippen LogP contribution is 2.33. The highest BCUT2D eigenvalue weighted by molar-refractivity contribution is 7.15. The molecule has 5 rings (SSSR count). The van der Waals surface area contributed by atoms with Gasteiger partial charge in [-0.2, -0.15) is 0 Å². The van der Waals surface area contributed by atoms with Gasteiger partial charge in [0.05, 0.1) is 5.69 Å². The molecular weight excluding hydrogens is 360 g/mol. The second kappa shape index (κ2) is 6.20. The molecule has 0 saturated carbocycles. The predicted molar refractivity (Wildman–Crippen MR) is 106 cm³/mol. The van der Waals surface area contributed by atoms with Crippen molar-refractivity contribution in [3.05, 3.63) is 45.6 Å². The van der Waals surface area contributed by atoms with Crippen LogP contribution in [0.5, 0.6) is 0 Å². The summed E-state index contributed by atoms with van der Waals surface area (Å²) in [5.41, 5.74) is 4.19. The van der Waals surface area contributed by atoms with Crippen molar-refractivity contribution in [1.29, 1.82) is 0 Å². The number of H-pyrrole nitrogens is 1. The maximum Gasteiger partial charge on any atom is 0.268 e. The number of fused-ring (bicyclic) bond motifs is 4. The van der Waals surface area contributed by atoms with Crippen LogP contribution in [0, 0.1) is 0 Å². The van der Waals surface area contributed by atoms with E-state index in [1.165, 1.54) is 17.7 Å². The summed E-state index contributed by atoms with van der Waals surface area (Å²) in [6.45, 7) is 2.69. The van der Waals surface area contributed by atoms with E-state index in [-0.39, 0.29) is 17.7 Å². The van der Waals surface area contributed by atoms with Crippen molar-refractivity contribution in [3.63, 3.8) is 0 Å². The fraction of sp³-hybridized carbons (Fsp3) is 0.350. The smallest absolute Gasteiger partial charge is 0.268 e. The average Bonchev–Trinajstić information content (AvgIpc) is 3.25. The zero-order chi connectivity index (χ0) is 18.5. The molecule has 1 unspecified atom stereocenters. The van der Waals surface area contributed by atoms with Crippen molar-refractivity contribution < 1.29 is 9.59 Å². The normalized spacial score (nSPS) is 18.7. The molecule has 3 N–H and O–H groups in total. The Hall–Kier alpha value is -2.67. The summed E-state index contributed by atoms with van der Waals surface area (Å²) >= 11 is 1.59. The first-order valence-corrected chi connectivity index (χ1v) is 10.2. The number of aryl methyl sites for hydroxylation is 2. The van der Waals surface area contributed by atoms with E-state index in [1.807, 2.05) is 12.1 Å². The maximum atomic E-state index is 12.8. The molecule has 0 radical (unpaired) electrons. The molecule has 0 saturated heterocycles. The van der Waals surface area contributed by atoms with Gasteiger partial charge in [0, 0.05) is 33.8 Å². The van der Waals surface area contributed by atoms with Crippen LogP contribution < -0.4 is 10.6 Å². The largest absolute Gasteiger partial charge is 0.350 e. The number of thiazole rings is 1. The van der Waals surface area contributed by atoms with Crippen LogP contribution in [0.3, 0.4) is 0 Å². The van der Waals surface area contributed by atoms with Crippen molar-refractivity contribution >= 4 is 39.2 Å². The molecule has 2 aliphatic rings. The van der Waals surface area contributed by atoms with Gasteiger partial charge in [0.15, 0.2) is 5.13 Å². The molecule has 0 bridgehead atoms. The minimum Gasteiger partial charge on any atom is -0.350 e. The maximum absolute atomic E-state index is 12.8. The SMILES string of the molecule is CC1CNC(=O)c2[nH]c3ccc(C(=O)Nc4nc5c(s4)CCCC5)cc3c21. The van der Waals surface area contributed by atoms with Crippen LogP contribution in [0.2, 0.25) is 0 Å². The van der Waals surface area contributed by atoms with Crippen LogP contribution in [0.1, 0.15) is 62.7 Å². The number of amides is 2. The number of hydrogen-bond acceptors (Lipinski definition) is 4. The Labute approximate surface area is 160 Å². The third kappa shape index (κ3) is 2.73. The highest BCUT2D eigenvalue weighted by Gasteiger charge is 2.27. The van der Waals surface area contributed by atoms with Gasteiger partial charge in [-0.3, -0.25) is 14.9 Å². The van der Waals surface area contributed by atoms with Gasteiger partial charge in [-0.15, -0.1) is 11.3 Å². The summed E-state index contributed by atoms with van der Waals surface area (Å²) in [7, 11) is 0. The summed E-state index contributed by atoms with van der Waals surface area (Å²) in [4.78, 5) is 34.0. The van der Waals surface area contributed by atoms with Gasteiger partial charge < -0.3 is 10.3 Å². The number of nitrogens with one attached hydrogen (secondary N) is 3. The molecule has 1 aromatic carbocycles. The van der Waals surface area contributed by atoms with Gasteiger partial charge in [-0.1, -0.05) is 6.92 Å². The third-order valence-electron chi connectivity index (χ3n) is 5.46. The number of carbonyl (C=O) groups excluding carboxylic acids is 2. The fourth-order valence-electron chi connectivity index (χ4n) is 4.06. The van der Waals surface area contributed by atoms with Crippen LogP contribution in [-0.2, 0) is 12.8 Å². The van der Waals surface area contributed by atoms with Gasteiger partial charge in [0.25, 0.3) is 11.8 Å². The molecule has 0 spiro atoms. The molecule has 6 nitrogen and oxygen atoms in total. The number of carbonyl (C=O) groups is 2. The lowest BCUT2D eigenvalue weighted by Gasteiger charge is -2.19. The predicted octanol–water partition coefficient (Wildman–Crippen LogP) is 3.60. The zero-order valence-electron chi connectivity index (χ0n) is 15.0. The first-order chi connectivity index (χ1) is 13.1. The van der Waals surface area contributed by atoms with E-state index in [1.54, 1.807) is 17.4 Å². The van der Waals surface area contributed by atoms with E-state index in [2.05, 4.69) is 27.5 Å². The number of hydrogen-bond donors (Lipinski definition) is 3. The minimum atomic E-state index is -0.161. The van der Waals surface area contributed by atoms with Crippen LogP contribution in [-0.4, -0.2) is 28.3 Å². The second-order valence-corrected chi connectivity index (χ2v) is 8.42. The van der Waals surface area contributed by atoms with E-state index >= 15 is 0 Å². The molecule has 2 aromatic heterocycles. The van der Waals surface area contributed by atoms with E-state index in [4.69, 9.17) is 0 Å². The topological polar surface area (TPSA) is 86.9 Å². The standard InChI is InChI=1S/C20H20N4O2S/c1-10-9-21-19(26)17-16(10)12-8-11(6-7-13(12)22-17)18(25)24-20-23-14-4-2-3-5-15(14)27-20/h6-8,10,22H,2-5,9H2,1H3,(H,21,26)(H,23,24,25). The molecule has 27 heavy (non-hydrogen) atoms. The lowest BCUT2D eigenvalue weighted by atomic mass is 9.93. The second-order valence-electron chi connectivity index (χ2n) is 7.34. The summed E-state index contributed by atoms with van der Waals surface area (Å²) in [6.07, 6.45) is 4.43. The number of aromatic amines is 1. The van der Waals surface area contributed by atoms with Crippen LogP contribution in [0.25, 0.3) is 10.9 Å². The van der Waals surface area contributed by atoms with Crippen LogP contribution in [0.15, 0.2) is 18.2 Å². The zero-order valence-corrected chi connectivity index (χ0v) is 15.8. The Kier molecular flexibility index (Phi) is 3.79. The van der Waals surface area contributed by atoms with E-state index in [9.17, 15) is 9.59 Å². The van der Waals surface area contributed by atoms with Crippen molar-refractivity contribution in [2.75, 3.05) is 11.9 Å². The molecule has 2 amide bonds. The number of anilines is 1. The molecule has 138 valence electrons. The van der Waals surface area contributed by atoms with Crippen molar-refractivity contribution in [2.45, 2.75) is 38.5 Å². The summed E-state index contributed by atoms with van der Waals surface area (Å²) in [5, 5.41) is 7.46. The first-order valence-electron chi connectivity index (χ1n) is 9.34. The number of rotatable bonds is 2. The number of aromatic nitrogens is 2. The van der Waals surface area contributed by atoms with Crippen LogP contribution >= 0.6 is 11.3 Å². The van der Waals surface area contributed by atoms with Gasteiger partial charge in [-0.25, -0.2) is 4.98 Å². The monoisotopic (exact) mass is 380 g/mol. The van der Waals surface area contributed by atoms with E-state index in [0.29, 0.717) is 22.9 Å². The highest BCUT2D eigenvalue weighted by atomic mass is 32.1. The molecule has 3 heterocycles. The molecule has 0 fully saturated rings. The van der Waals surface area contributed by atoms with Crippen LogP contribution in [0.4, 0.5) is 5.13 Å². The lowest BCUT2D eigenvalue weighted by Crippen LogP contribution is -2.33. The molecule has 1 atom stereocenters. The molecular formula is C20H20N4O2S. The Morgan fingerprint density at radius 1 is 1.30 bits per heavy atom.